The summed E-state index contributed by atoms with van der Waals surface area (Å²) in [7, 11) is 0. The highest BCUT2D eigenvalue weighted by Crippen LogP contribution is 2.22. The predicted octanol–water partition coefficient (Wildman–Crippen LogP) is 2.90. The molecule has 114 valence electrons. The van der Waals surface area contributed by atoms with Crippen molar-refractivity contribution >= 4 is 23.6 Å². The first-order valence-electron chi connectivity index (χ1n) is 6.94. The fourth-order valence-corrected chi connectivity index (χ4v) is 2.41. The minimum absolute atomic E-state index is 0.0162. The molecule has 1 aliphatic heterocycles. The topological polar surface area (TPSA) is 80.5 Å². The van der Waals surface area contributed by atoms with E-state index in [9.17, 15) is 19.7 Å². The molecule has 2 amide bonds. The summed E-state index contributed by atoms with van der Waals surface area (Å²) in [5.41, 5.74) is 1.61. The molecule has 2 aromatic rings. The second kappa shape index (κ2) is 5.84. The van der Waals surface area contributed by atoms with Crippen LogP contribution >= 0.6 is 0 Å². The van der Waals surface area contributed by atoms with Gasteiger partial charge < -0.3 is 0 Å². The van der Waals surface area contributed by atoms with Crippen LogP contribution in [-0.4, -0.2) is 28.2 Å². The molecule has 1 aliphatic rings. The maximum atomic E-state index is 12.2. The average Bonchev–Trinajstić information content (AvgIpc) is 2.81. The third kappa shape index (κ3) is 2.74. The molecule has 0 unspecified atom stereocenters. The van der Waals surface area contributed by atoms with Crippen LogP contribution in [0.1, 0.15) is 26.3 Å². The molecule has 23 heavy (non-hydrogen) atoms. The Bertz CT molecular complexity index is 790. The number of imide groups is 1. The van der Waals surface area contributed by atoms with Crippen molar-refractivity contribution in [1.29, 1.82) is 0 Å². The van der Waals surface area contributed by atoms with Gasteiger partial charge in [-0.3, -0.25) is 24.6 Å². The van der Waals surface area contributed by atoms with Gasteiger partial charge in [0.1, 0.15) is 0 Å². The fourth-order valence-electron chi connectivity index (χ4n) is 2.41. The first-order valence-corrected chi connectivity index (χ1v) is 6.94. The van der Waals surface area contributed by atoms with E-state index < -0.39 is 4.92 Å². The number of fused-ring (bicyclic) bond motifs is 1. The van der Waals surface area contributed by atoms with Crippen LogP contribution in [0.25, 0.3) is 6.08 Å². The molecule has 0 fully saturated rings. The highest BCUT2D eigenvalue weighted by Gasteiger charge is 2.33. The van der Waals surface area contributed by atoms with Gasteiger partial charge in [-0.15, -0.1) is 0 Å². The van der Waals surface area contributed by atoms with Crippen LogP contribution in [0.2, 0.25) is 0 Å². The molecule has 2 aromatic carbocycles. The summed E-state index contributed by atoms with van der Waals surface area (Å²) in [6, 6.07) is 12.7. The van der Waals surface area contributed by atoms with Gasteiger partial charge in [0, 0.05) is 18.7 Å². The Labute approximate surface area is 131 Å². The standard InChI is InChI=1S/C17H12N2O4/c20-16-14-5-1-2-6-15(14)17(21)18(16)11-3-4-12-7-9-13(10-8-12)19(22)23/h1-10H,11H2. The number of carbonyl (C=O) groups excluding carboxylic acids is 2. The third-order valence-electron chi connectivity index (χ3n) is 3.58. The van der Waals surface area contributed by atoms with E-state index in [2.05, 4.69) is 0 Å². The van der Waals surface area contributed by atoms with Gasteiger partial charge >= 0.3 is 0 Å². The smallest absolute Gasteiger partial charge is 0.269 e. The van der Waals surface area contributed by atoms with Gasteiger partial charge in [0.15, 0.2) is 0 Å². The quantitative estimate of drug-likeness (QED) is 0.494. The van der Waals surface area contributed by atoms with Crippen molar-refractivity contribution < 1.29 is 14.5 Å². The second-order valence-corrected chi connectivity index (χ2v) is 5.02. The predicted molar refractivity (Wildman–Crippen MR) is 83.9 cm³/mol. The summed E-state index contributed by atoms with van der Waals surface area (Å²) >= 11 is 0. The normalized spacial score (nSPS) is 13.7. The first-order chi connectivity index (χ1) is 11.1. The summed E-state index contributed by atoms with van der Waals surface area (Å²) in [4.78, 5) is 35.6. The number of nitrogens with zero attached hydrogens (tertiary/aromatic N) is 2. The van der Waals surface area contributed by atoms with E-state index in [-0.39, 0.29) is 24.0 Å². The lowest BCUT2D eigenvalue weighted by Gasteiger charge is -2.10. The van der Waals surface area contributed by atoms with E-state index in [4.69, 9.17) is 0 Å². The van der Waals surface area contributed by atoms with Gasteiger partial charge in [-0.1, -0.05) is 24.3 Å². The van der Waals surface area contributed by atoms with Crippen LogP contribution in [-0.2, 0) is 0 Å². The first kappa shape index (κ1) is 14.6. The molecular formula is C17H12N2O4. The van der Waals surface area contributed by atoms with Crippen molar-refractivity contribution in [2.45, 2.75) is 0 Å². The Morgan fingerprint density at radius 1 is 0.957 bits per heavy atom. The van der Waals surface area contributed by atoms with E-state index in [1.807, 2.05) is 0 Å². The molecule has 0 aromatic heterocycles. The van der Waals surface area contributed by atoms with Crippen molar-refractivity contribution in [2.75, 3.05) is 6.54 Å². The molecule has 0 aliphatic carbocycles. The molecule has 0 saturated carbocycles. The third-order valence-corrected chi connectivity index (χ3v) is 3.58. The highest BCUT2D eigenvalue weighted by atomic mass is 16.6. The highest BCUT2D eigenvalue weighted by molar-refractivity contribution is 6.21. The summed E-state index contributed by atoms with van der Waals surface area (Å²) < 4.78 is 0. The molecule has 6 heteroatoms. The Morgan fingerprint density at radius 3 is 2.04 bits per heavy atom. The molecule has 1 heterocycles. The average molecular weight is 308 g/mol. The number of benzene rings is 2. The number of hydrogen-bond acceptors (Lipinski definition) is 4. The lowest BCUT2D eigenvalue weighted by Crippen LogP contribution is -2.29. The molecule has 0 bridgehead atoms. The molecule has 3 rings (SSSR count). The number of non-ortho nitro benzene ring substituents is 1. The van der Waals surface area contributed by atoms with Crippen LogP contribution in [0.5, 0.6) is 0 Å². The van der Waals surface area contributed by atoms with Crippen LogP contribution in [0.4, 0.5) is 5.69 Å². The van der Waals surface area contributed by atoms with Gasteiger partial charge in [-0.2, -0.15) is 0 Å². The van der Waals surface area contributed by atoms with Gasteiger partial charge in [0.05, 0.1) is 16.1 Å². The monoisotopic (exact) mass is 308 g/mol. The van der Waals surface area contributed by atoms with Gasteiger partial charge in [-0.25, -0.2) is 0 Å². The number of carbonyl (C=O) groups is 2. The molecule has 6 nitrogen and oxygen atoms in total. The maximum Gasteiger partial charge on any atom is 0.269 e. The molecule has 0 N–H and O–H groups in total. The largest absolute Gasteiger partial charge is 0.270 e. The van der Waals surface area contributed by atoms with Crippen molar-refractivity contribution in [3.8, 4) is 0 Å². The summed E-state index contributed by atoms with van der Waals surface area (Å²) in [6.45, 7) is 0.156. The van der Waals surface area contributed by atoms with E-state index in [1.54, 1.807) is 48.6 Å². The lowest BCUT2D eigenvalue weighted by molar-refractivity contribution is -0.384. The van der Waals surface area contributed by atoms with Gasteiger partial charge in [-0.05, 0) is 29.8 Å². The number of hydrogen-bond donors (Lipinski definition) is 0. The fraction of sp³-hybridized carbons (Fsp3) is 0.0588. The molecule has 0 radical (unpaired) electrons. The number of nitro benzene ring substituents is 1. The van der Waals surface area contributed by atoms with Gasteiger partial charge in [0.25, 0.3) is 17.5 Å². The Hall–Kier alpha value is -3.28. The SMILES string of the molecule is O=C1c2ccccc2C(=O)N1CC=Cc1ccc([N+](=O)[O-])cc1. The Balaban J connectivity index is 1.70. The van der Waals surface area contributed by atoms with Crippen LogP contribution in [0.15, 0.2) is 54.6 Å². The number of amides is 2. The number of rotatable bonds is 4. The van der Waals surface area contributed by atoms with Gasteiger partial charge in [0.2, 0.25) is 0 Å². The van der Waals surface area contributed by atoms with Crippen LogP contribution in [0, 0.1) is 10.1 Å². The second-order valence-electron chi connectivity index (χ2n) is 5.02. The van der Waals surface area contributed by atoms with E-state index in [0.29, 0.717) is 11.1 Å². The molecule has 0 spiro atoms. The summed E-state index contributed by atoms with van der Waals surface area (Å²) in [5.74, 6) is -0.613. The maximum absolute atomic E-state index is 12.2. The zero-order valence-corrected chi connectivity index (χ0v) is 12.0. The van der Waals surface area contributed by atoms with Crippen molar-refractivity contribution in [1.82, 2.24) is 4.90 Å². The summed E-state index contributed by atoms with van der Waals surface area (Å²) in [6.07, 6.45) is 3.40. The van der Waals surface area contributed by atoms with Crippen LogP contribution in [0.3, 0.4) is 0 Å². The van der Waals surface area contributed by atoms with E-state index in [1.165, 1.54) is 17.0 Å². The zero-order valence-electron chi connectivity index (χ0n) is 12.0. The van der Waals surface area contributed by atoms with Crippen molar-refractivity contribution in [3.63, 3.8) is 0 Å². The van der Waals surface area contributed by atoms with Crippen molar-refractivity contribution in [2.24, 2.45) is 0 Å². The van der Waals surface area contributed by atoms with Crippen molar-refractivity contribution in [3.05, 3.63) is 81.4 Å². The molecular weight excluding hydrogens is 296 g/mol. The molecule has 0 atom stereocenters. The summed E-state index contributed by atoms with van der Waals surface area (Å²) in [5, 5.41) is 10.6. The lowest BCUT2D eigenvalue weighted by atomic mass is 10.1. The van der Waals surface area contributed by atoms with Crippen LogP contribution < -0.4 is 0 Å². The Kier molecular flexibility index (Phi) is 3.72. The number of nitro groups is 1. The van der Waals surface area contributed by atoms with E-state index in [0.717, 1.165) is 5.56 Å². The minimum atomic E-state index is -0.466. The zero-order chi connectivity index (χ0) is 16.4. The Morgan fingerprint density at radius 2 is 1.52 bits per heavy atom. The minimum Gasteiger partial charge on any atom is -0.270 e. The van der Waals surface area contributed by atoms with E-state index >= 15 is 0 Å². The molecule has 0 saturated heterocycles.